The molecule has 0 saturated heterocycles. The highest BCUT2D eigenvalue weighted by Gasteiger charge is 2.18. The maximum absolute atomic E-state index is 10.8. The van der Waals surface area contributed by atoms with Crippen LogP contribution in [0.1, 0.15) is 46.1 Å². The van der Waals surface area contributed by atoms with Crippen LogP contribution in [0.3, 0.4) is 0 Å². The van der Waals surface area contributed by atoms with Gasteiger partial charge in [0.1, 0.15) is 5.69 Å². The molecule has 0 aromatic heterocycles. The van der Waals surface area contributed by atoms with Gasteiger partial charge >= 0.3 is 0 Å². The highest BCUT2D eigenvalue weighted by atomic mass is 16.6. The van der Waals surface area contributed by atoms with Gasteiger partial charge in [0, 0.05) is 25.2 Å². The second kappa shape index (κ2) is 7.98. The summed E-state index contributed by atoms with van der Waals surface area (Å²) in [6.45, 7) is 10.6. The third-order valence-corrected chi connectivity index (χ3v) is 3.73. The van der Waals surface area contributed by atoms with Crippen molar-refractivity contribution >= 4 is 11.4 Å². The molecule has 1 aromatic rings. The molecule has 0 bridgehead atoms. The molecule has 0 spiro atoms. The predicted molar refractivity (Wildman–Crippen MR) is 87.1 cm³/mol. The van der Waals surface area contributed by atoms with Crippen LogP contribution >= 0.6 is 0 Å². The van der Waals surface area contributed by atoms with E-state index in [1.807, 2.05) is 6.07 Å². The zero-order valence-electron chi connectivity index (χ0n) is 13.5. The van der Waals surface area contributed by atoms with Crippen LogP contribution in [0.4, 0.5) is 11.4 Å². The molecule has 21 heavy (non-hydrogen) atoms. The van der Waals surface area contributed by atoms with Crippen molar-refractivity contribution in [2.24, 2.45) is 5.92 Å². The number of nitrogens with zero attached hydrogens (tertiary/aromatic N) is 2. The monoisotopic (exact) mass is 293 g/mol. The van der Waals surface area contributed by atoms with E-state index in [0.29, 0.717) is 12.0 Å². The number of nitrogens with two attached hydrogens (primary N) is 1. The molecule has 0 saturated carbocycles. The average molecular weight is 293 g/mol. The largest absolute Gasteiger partial charge is 0.393 e. The van der Waals surface area contributed by atoms with Crippen LogP contribution in [-0.4, -0.2) is 22.4 Å². The Labute approximate surface area is 127 Å². The summed E-state index contributed by atoms with van der Waals surface area (Å²) in [5.74, 6) is 0.584. The molecule has 1 aromatic carbocycles. The predicted octanol–water partition coefficient (Wildman–Crippen LogP) is 3.82. The number of benzene rings is 1. The van der Waals surface area contributed by atoms with Gasteiger partial charge in [0.25, 0.3) is 5.69 Å². The number of nitrogen functional groups attached to an aromatic ring is 1. The Morgan fingerprint density at radius 2 is 1.90 bits per heavy atom. The smallest absolute Gasteiger partial charge is 0.292 e. The van der Waals surface area contributed by atoms with E-state index in [4.69, 9.17) is 5.73 Å². The van der Waals surface area contributed by atoms with Crippen LogP contribution in [0.15, 0.2) is 18.2 Å². The van der Waals surface area contributed by atoms with Crippen LogP contribution < -0.4 is 5.73 Å². The van der Waals surface area contributed by atoms with Crippen molar-refractivity contribution in [3.8, 4) is 0 Å². The van der Waals surface area contributed by atoms with E-state index in [-0.39, 0.29) is 11.4 Å². The highest BCUT2D eigenvalue weighted by Crippen LogP contribution is 2.24. The summed E-state index contributed by atoms with van der Waals surface area (Å²) in [5, 5.41) is 10.8. The molecule has 2 N–H and O–H groups in total. The molecule has 0 amide bonds. The first-order valence-corrected chi connectivity index (χ1v) is 7.65. The molecule has 0 radical (unpaired) electrons. The van der Waals surface area contributed by atoms with Gasteiger partial charge in [0.05, 0.1) is 4.92 Å². The van der Waals surface area contributed by atoms with Crippen molar-refractivity contribution in [3.05, 3.63) is 33.9 Å². The third kappa shape index (κ3) is 5.01. The number of hydrogen-bond donors (Lipinski definition) is 1. The zero-order chi connectivity index (χ0) is 16.0. The van der Waals surface area contributed by atoms with E-state index in [1.165, 1.54) is 6.07 Å². The lowest BCUT2D eigenvalue weighted by Crippen LogP contribution is -2.36. The maximum atomic E-state index is 10.8. The number of anilines is 1. The van der Waals surface area contributed by atoms with Gasteiger partial charge in [0.15, 0.2) is 0 Å². The molecule has 0 fully saturated rings. The first-order chi connectivity index (χ1) is 9.88. The quantitative estimate of drug-likeness (QED) is 0.449. The summed E-state index contributed by atoms with van der Waals surface area (Å²) in [6.07, 6.45) is 2.21. The first kappa shape index (κ1) is 17.4. The topological polar surface area (TPSA) is 72.4 Å². The molecule has 0 atom stereocenters. The fraction of sp³-hybridized carbons (Fsp3) is 0.625. The summed E-state index contributed by atoms with van der Waals surface area (Å²) in [6, 6.07) is 5.58. The minimum atomic E-state index is -0.439. The van der Waals surface area contributed by atoms with E-state index in [0.717, 1.165) is 31.5 Å². The number of nitro groups is 1. The standard InChI is InChI=1S/C16H27N3O2/c1-5-14(6-2)18(10-12(3)4)11-13-7-8-16(19(20)21)15(17)9-13/h7-9,12,14H,5-6,10-11,17H2,1-4H3. The van der Waals surface area contributed by atoms with Gasteiger partial charge in [0.2, 0.25) is 0 Å². The van der Waals surface area contributed by atoms with Crippen molar-refractivity contribution < 1.29 is 4.92 Å². The molecular weight excluding hydrogens is 266 g/mol. The Hall–Kier alpha value is -1.62. The lowest BCUT2D eigenvalue weighted by atomic mass is 10.1. The lowest BCUT2D eigenvalue weighted by Gasteiger charge is -2.32. The molecule has 0 aliphatic rings. The Morgan fingerprint density at radius 3 is 2.33 bits per heavy atom. The molecule has 118 valence electrons. The van der Waals surface area contributed by atoms with E-state index in [2.05, 4.69) is 32.6 Å². The summed E-state index contributed by atoms with van der Waals surface area (Å²) in [7, 11) is 0. The van der Waals surface area contributed by atoms with Crippen LogP contribution in [-0.2, 0) is 6.54 Å². The second-order valence-electron chi connectivity index (χ2n) is 5.94. The minimum Gasteiger partial charge on any atom is -0.393 e. The Balaban J connectivity index is 2.92. The molecule has 5 heteroatoms. The number of rotatable bonds is 8. The summed E-state index contributed by atoms with van der Waals surface area (Å²) in [4.78, 5) is 12.8. The van der Waals surface area contributed by atoms with Crippen LogP contribution in [0.25, 0.3) is 0 Å². The Kier molecular flexibility index (Phi) is 6.62. The molecule has 5 nitrogen and oxygen atoms in total. The van der Waals surface area contributed by atoms with Crippen LogP contribution in [0.2, 0.25) is 0 Å². The van der Waals surface area contributed by atoms with Gasteiger partial charge in [-0.3, -0.25) is 15.0 Å². The van der Waals surface area contributed by atoms with Crippen molar-refractivity contribution in [1.29, 1.82) is 0 Å². The Bertz CT molecular complexity index is 471. The zero-order valence-corrected chi connectivity index (χ0v) is 13.5. The first-order valence-electron chi connectivity index (χ1n) is 7.65. The molecule has 0 heterocycles. The van der Waals surface area contributed by atoms with Crippen molar-refractivity contribution in [2.45, 2.75) is 53.1 Å². The Morgan fingerprint density at radius 1 is 1.29 bits per heavy atom. The molecular formula is C16H27N3O2. The van der Waals surface area contributed by atoms with E-state index >= 15 is 0 Å². The van der Waals surface area contributed by atoms with Gasteiger partial charge in [-0.2, -0.15) is 0 Å². The van der Waals surface area contributed by atoms with Crippen LogP contribution in [0.5, 0.6) is 0 Å². The van der Waals surface area contributed by atoms with Crippen molar-refractivity contribution in [1.82, 2.24) is 4.90 Å². The summed E-state index contributed by atoms with van der Waals surface area (Å²) in [5.41, 5.74) is 7.04. The molecule has 1 rings (SSSR count). The number of nitro benzene ring substituents is 1. The van der Waals surface area contributed by atoms with Gasteiger partial charge < -0.3 is 5.73 Å². The summed E-state index contributed by atoms with van der Waals surface area (Å²) >= 11 is 0. The summed E-state index contributed by atoms with van der Waals surface area (Å²) < 4.78 is 0. The normalized spacial score (nSPS) is 11.6. The van der Waals surface area contributed by atoms with Gasteiger partial charge in [-0.25, -0.2) is 0 Å². The molecule has 0 aliphatic carbocycles. The van der Waals surface area contributed by atoms with E-state index in [9.17, 15) is 10.1 Å². The van der Waals surface area contributed by atoms with Crippen molar-refractivity contribution in [3.63, 3.8) is 0 Å². The maximum Gasteiger partial charge on any atom is 0.292 e. The van der Waals surface area contributed by atoms with E-state index in [1.54, 1.807) is 6.07 Å². The average Bonchev–Trinajstić information content (AvgIpc) is 2.38. The van der Waals surface area contributed by atoms with Gasteiger partial charge in [-0.15, -0.1) is 0 Å². The fourth-order valence-corrected chi connectivity index (χ4v) is 2.72. The number of hydrogen-bond acceptors (Lipinski definition) is 4. The van der Waals surface area contributed by atoms with Gasteiger partial charge in [-0.1, -0.05) is 33.8 Å². The third-order valence-electron chi connectivity index (χ3n) is 3.73. The van der Waals surface area contributed by atoms with E-state index < -0.39 is 4.92 Å². The minimum absolute atomic E-state index is 0.0170. The lowest BCUT2D eigenvalue weighted by molar-refractivity contribution is -0.383. The molecule has 0 unspecified atom stereocenters. The van der Waals surface area contributed by atoms with Crippen LogP contribution in [0, 0.1) is 16.0 Å². The fourth-order valence-electron chi connectivity index (χ4n) is 2.72. The van der Waals surface area contributed by atoms with Crippen molar-refractivity contribution in [2.75, 3.05) is 12.3 Å². The SMILES string of the molecule is CCC(CC)N(Cc1ccc([N+](=O)[O-])c(N)c1)CC(C)C. The second-order valence-corrected chi connectivity index (χ2v) is 5.94. The molecule has 0 aliphatic heterocycles. The highest BCUT2D eigenvalue weighted by molar-refractivity contribution is 5.59. The van der Waals surface area contributed by atoms with Gasteiger partial charge in [-0.05, 0) is 30.4 Å².